The summed E-state index contributed by atoms with van der Waals surface area (Å²) < 4.78 is 16.4. The number of esters is 3. The minimum atomic E-state index is -0.640. The summed E-state index contributed by atoms with van der Waals surface area (Å²) in [6.07, 6.45) is 33.1. The molecule has 0 aromatic heterocycles. The maximum absolute atomic E-state index is 13.2. The lowest BCUT2D eigenvalue weighted by molar-refractivity contribution is -0.144. The van der Waals surface area contributed by atoms with Gasteiger partial charge in [-0.05, 0) is 70.5 Å². The number of rotatable bonds is 52. The monoisotopic (exact) mass is 1020 g/mol. The average Bonchev–Trinajstić information content (AvgIpc) is 3.31. The summed E-state index contributed by atoms with van der Waals surface area (Å²) in [5, 5.41) is 6.31. The Balaban J connectivity index is 4.79. The fourth-order valence-corrected chi connectivity index (χ4v) is 10.8. The molecule has 0 heterocycles. The Morgan fingerprint density at radius 2 is 0.868 bits per heavy atom. The molecule has 0 aromatic carbocycles. The van der Waals surface area contributed by atoms with E-state index in [0.717, 1.165) is 69.3 Å². The molecule has 0 aromatic rings. The van der Waals surface area contributed by atoms with Crippen LogP contribution in [0.5, 0.6) is 0 Å². The Morgan fingerprint density at radius 1 is 0.456 bits per heavy atom. The fraction of sp³-hybridized carbons (Fsp3) is 0.907. The molecule has 0 radical (unpaired) electrons. The highest BCUT2D eigenvalue weighted by Crippen LogP contribution is 2.25. The lowest BCUT2D eigenvalue weighted by atomic mass is 10.1. The second kappa shape index (κ2) is 51.7. The van der Waals surface area contributed by atoms with Gasteiger partial charge >= 0.3 is 17.9 Å². The van der Waals surface area contributed by atoms with E-state index in [-0.39, 0.29) is 29.7 Å². The third kappa shape index (κ3) is 48.0. The van der Waals surface area contributed by atoms with Crippen molar-refractivity contribution in [2.24, 2.45) is 0 Å². The number of nitrogens with one attached hydrogen (secondary N) is 2. The number of nitrogens with zero attached hydrogens (tertiary/aromatic N) is 1. The number of thioether (sulfide) groups is 3. The van der Waals surface area contributed by atoms with Gasteiger partial charge in [-0.3, -0.25) is 24.0 Å². The third-order valence-electron chi connectivity index (χ3n) is 11.9. The van der Waals surface area contributed by atoms with E-state index in [2.05, 4.69) is 31.4 Å². The van der Waals surface area contributed by atoms with Gasteiger partial charge in [0.2, 0.25) is 11.8 Å². The molecular formula is C54H103N3O8S3. The van der Waals surface area contributed by atoms with E-state index >= 15 is 0 Å². The number of ether oxygens (including phenoxy) is 3. The second-order valence-electron chi connectivity index (χ2n) is 18.7. The molecule has 11 nitrogen and oxygen atoms in total. The first-order chi connectivity index (χ1) is 33.1. The lowest BCUT2D eigenvalue weighted by Gasteiger charge is -2.20. The normalized spacial score (nSPS) is 12.2. The molecule has 0 fully saturated rings. The van der Waals surface area contributed by atoms with Crippen LogP contribution in [0, 0.1) is 0 Å². The van der Waals surface area contributed by atoms with Crippen molar-refractivity contribution in [3.63, 3.8) is 0 Å². The van der Waals surface area contributed by atoms with Crippen molar-refractivity contribution in [3.8, 4) is 0 Å². The predicted molar refractivity (Wildman–Crippen MR) is 292 cm³/mol. The lowest BCUT2D eigenvalue weighted by Crippen LogP contribution is -2.48. The first kappa shape index (κ1) is 66.4. The minimum Gasteiger partial charge on any atom is -0.466 e. The maximum Gasteiger partial charge on any atom is 0.306 e. The van der Waals surface area contributed by atoms with Crippen LogP contribution in [0.3, 0.4) is 0 Å². The fourth-order valence-electron chi connectivity index (χ4n) is 7.58. The molecule has 400 valence electrons. The zero-order valence-corrected chi connectivity index (χ0v) is 46.7. The van der Waals surface area contributed by atoms with Crippen molar-refractivity contribution in [1.82, 2.24) is 15.5 Å². The summed E-state index contributed by atoms with van der Waals surface area (Å²) in [7, 11) is 3.91. The van der Waals surface area contributed by atoms with E-state index in [1.807, 2.05) is 19.0 Å². The molecule has 68 heavy (non-hydrogen) atoms. The quantitative estimate of drug-likeness (QED) is 0.0340. The largest absolute Gasteiger partial charge is 0.466 e. The Hall–Kier alpha value is -1.64. The smallest absolute Gasteiger partial charge is 0.306 e. The zero-order valence-electron chi connectivity index (χ0n) is 44.3. The van der Waals surface area contributed by atoms with Gasteiger partial charge in [0.15, 0.2) is 0 Å². The van der Waals surface area contributed by atoms with E-state index < -0.39 is 6.04 Å². The third-order valence-corrected chi connectivity index (χ3v) is 15.3. The molecule has 2 N–H and O–H groups in total. The molecule has 0 aliphatic heterocycles. The van der Waals surface area contributed by atoms with E-state index in [1.54, 1.807) is 35.3 Å². The first-order valence-electron chi connectivity index (χ1n) is 27.6. The van der Waals surface area contributed by atoms with Crippen LogP contribution >= 0.6 is 35.3 Å². The molecule has 2 amide bonds. The number of hydrogen-bond donors (Lipinski definition) is 2. The molecule has 2 atom stereocenters. The van der Waals surface area contributed by atoms with Crippen molar-refractivity contribution in [2.45, 2.75) is 238 Å². The number of amides is 2. The number of likely N-dealkylation sites (N-methyl/N-ethyl adjacent to an activating group) is 1. The summed E-state index contributed by atoms with van der Waals surface area (Å²) in [5.41, 5.74) is 0. The van der Waals surface area contributed by atoms with Crippen LogP contribution in [0.25, 0.3) is 0 Å². The highest BCUT2D eigenvalue weighted by molar-refractivity contribution is 8.00. The van der Waals surface area contributed by atoms with Crippen LogP contribution < -0.4 is 10.6 Å². The average molecular weight is 1020 g/mol. The summed E-state index contributed by atoms with van der Waals surface area (Å²) in [5.74, 6) is 2.84. The standard InChI is InChI=1S/C54H103N3O8S3/c1-6-9-12-15-18-19-20-21-22-25-30-41-64-52(60)36-46-67-44-34-49(54(62)55-38-39-57(4)5)56-50(58)32-27-26-31-48(68-47-37-53(61)65-42-29-24-17-14-11-8-3)33-43-66-45-35-51(59)63-40-28-23-16-13-10-7-2/h48-49H,6-47H2,1-5H3,(H,55,62)(H,56,58). The molecule has 0 spiro atoms. The first-order valence-corrected chi connectivity index (χ1v) is 30.9. The maximum atomic E-state index is 13.2. The van der Waals surface area contributed by atoms with Crippen molar-refractivity contribution >= 4 is 65.0 Å². The predicted octanol–water partition coefficient (Wildman–Crippen LogP) is 12.9. The topological polar surface area (TPSA) is 140 Å². The van der Waals surface area contributed by atoms with Gasteiger partial charge in [-0.1, -0.05) is 156 Å². The van der Waals surface area contributed by atoms with Gasteiger partial charge in [-0.15, -0.1) is 0 Å². The summed E-state index contributed by atoms with van der Waals surface area (Å²) >= 11 is 5.17. The molecule has 0 saturated carbocycles. The molecular weight excluding hydrogens is 915 g/mol. The second-order valence-corrected chi connectivity index (χ2v) is 22.6. The SMILES string of the molecule is CCCCCCCCCCCCCOC(=O)CCSCCC(NC(=O)CCCCC(CCSCCC(=O)OCCCCCCCC)SCCC(=O)OCCCCCCCC)C(=O)NCCN(C)C. The van der Waals surface area contributed by atoms with Gasteiger partial charge in [0, 0.05) is 42.0 Å². The van der Waals surface area contributed by atoms with Crippen LogP contribution in [0.4, 0.5) is 0 Å². The van der Waals surface area contributed by atoms with E-state index in [1.165, 1.54) is 109 Å². The molecule has 14 heteroatoms. The van der Waals surface area contributed by atoms with Crippen molar-refractivity contribution in [1.29, 1.82) is 0 Å². The number of carbonyl (C=O) groups is 5. The molecule has 0 aliphatic rings. The van der Waals surface area contributed by atoms with Crippen LogP contribution in [0.1, 0.15) is 226 Å². The molecule has 0 bridgehead atoms. The molecule has 2 unspecified atom stereocenters. The summed E-state index contributed by atoms with van der Waals surface area (Å²) in [6, 6.07) is -0.640. The van der Waals surface area contributed by atoms with Gasteiger partial charge in [0.05, 0.1) is 39.1 Å². The number of hydrogen-bond acceptors (Lipinski definition) is 12. The van der Waals surface area contributed by atoms with Crippen LogP contribution in [0.15, 0.2) is 0 Å². The zero-order chi connectivity index (χ0) is 50.0. The van der Waals surface area contributed by atoms with E-state index in [0.29, 0.717) is 93.9 Å². The van der Waals surface area contributed by atoms with Crippen molar-refractivity contribution in [2.75, 3.05) is 75.8 Å². The van der Waals surface area contributed by atoms with Crippen LogP contribution in [0.2, 0.25) is 0 Å². The highest BCUT2D eigenvalue weighted by atomic mass is 32.2. The Bertz CT molecular complexity index is 1200. The Morgan fingerprint density at radius 3 is 1.31 bits per heavy atom. The Kier molecular flexibility index (Phi) is 50.5. The molecule has 0 saturated heterocycles. The van der Waals surface area contributed by atoms with Gasteiger partial charge in [-0.2, -0.15) is 35.3 Å². The number of unbranched alkanes of at least 4 members (excludes halogenated alkanes) is 21. The van der Waals surface area contributed by atoms with E-state index in [9.17, 15) is 24.0 Å². The van der Waals surface area contributed by atoms with Crippen LogP contribution in [-0.4, -0.2) is 122 Å². The molecule has 0 aliphatic carbocycles. The van der Waals surface area contributed by atoms with Crippen LogP contribution in [-0.2, 0) is 38.2 Å². The minimum absolute atomic E-state index is 0.122. The molecule has 0 rings (SSSR count). The highest BCUT2D eigenvalue weighted by Gasteiger charge is 2.21. The van der Waals surface area contributed by atoms with Gasteiger partial charge in [0.1, 0.15) is 6.04 Å². The summed E-state index contributed by atoms with van der Waals surface area (Å²) in [6.45, 7) is 9.35. The van der Waals surface area contributed by atoms with Crippen molar-refractivity contribution < 1.29 is 38.2 Å². The van der Waals surface area contributed by atoms with E-state index in [4.69, 9.17) is 14.2 Å². The summed E-state index contributed by atoms with van der Waals surface area (Å²) in [4.78, 5) is 65.5. The van der Waals surface area contributed by atoms with Crippen molar-refractivity contribution in [3.05, 3.63) is 0 Å². The van der Waals surface area contributed by atoms with Gasteiger partial charge in [0.25, 0.3) is 0 Å². The Labute approximate surface area is 429 Å². The number of carbonyl (C=O) groups excluding carboxylic acids is 5. The van der Waals surface area contributed by atoms with Gasteiger partial charge in [-0.25, -0.2) is 0 Å². The van der Waals surface area contributed by atoms with Gasteiger partial charge < -0.3 is 29.7 Å².